The molecule has 1 N–H and O–H groups in total. The molecule has 2 amide bonds. The Morgan fingerprint density at radius 3 is 2.02 bits per heavy atom. The minimum absolute atomic E-state index is 0.00169. The van der Waals surface area contributed by atoms with Crippen molar-refractivity contribution in [3.63, 3.8) is 0 Å². The van der Waals surface area contributed by atoms with E-state index in [1.165, 1.54) is 35.2 Å². The van der Waals surface area contributed by atoms with Crippen molar-refractivity contribution in [3.05, 3.63) is 129 Å². The van der Waals surface area contributed by atoms with Gasteiger partial charge < -0.3 is 10.2 Å². The maximum absolute atomic E-state index is 14.6. The lowest BCUT2D eigenvalue weighted by molar-refractivity contribution is -0.140. The van der Waals surface area contributed by atoms with Crippen LogP contribution in [0.4, 0.5) is 5.69 Å². The molecule has 0 radical (unpaired) electrons. The van der Waals surface area contributed by atoms with Crippen molar-refractivity contribution in [1.29, 1.82) is 0 Å². The summed E-state index contributed by atoms with van der Waals surface area (Å²) in [5, 5.41) is 3.61. The predicted molar refractivity (Wildman–Crippen MR) is 186 cm³/mol. The van der Waals surface area contributed by atoms with Gasteiger partial charge in [-0.05, 0) is 66.4 Å². The fourth-order valence-corrected chi connectivity index (χ4v) is 7.84. The fourth-order valence-electron chi connectivity index (χ4n) is 5.64. The van der Waals surface area contributed by atoms with Gasteiger partial charge in [0.15, 0.2) is 0 Å². The maximum atomic E-state index is 14.6. The molecule has 0 bridgehead atoms. The Hall–Kier alpha value is -3.37. The average molecular weight is 744 g/mol. The summed E-state index contributed by atoms with van der Waals surface area (Å²) in [5.74, 6) is -0.828. The van der Waals surface area contributed by atoms with Crippen molar-refractivity contribution in [2.24, 2.45) is 0 Å². The zero-order valence-corrected chi connectivity index (χ0v) is 28.9. The molecule has 11 heteroatoms. The molecule has 1 aliphatic carbocycles. The van der Waals surface area contributed by atoms with E-state index in [-0.39, 0.29) is 45.5 Å². The molecule has 5 rings (SSSR count). The minimum atomic E-state index is -4.26. The SMILES string of the molecule is O=C(NC1CCCC1)C(Cc1ccccc1)N(Cc1ccc(Br)cc1)C(=O)CN(c1cc(Cl)cc(Cl)c1)S(=O)(=O)c1ccccc1. The van der Waals surface area contributed by atoms with Crippen LogP contribution in [0.2, 0.25) is 10.0 Å². The first kappa shape index (κ1) is 34.0. The van der Waals surface area contributed by atoms with E-state index in [1.54, 1.807) is 18.2 Å². The molecule has 1 aliphatic rings. The van der Waals surface area contributed by atoms with Crippen molar-refractivity contribution in [2.45, 2.75) is 55.6 Å². The number of nitrogens with zero attached hydrogens (tertiary/aromatic N) is 2. The van der Waals surface area contributed by atoms with E-state index in [1.807, 2.05) is 54.6 Å². The third-order valence-electron chi connectivity index (χ3n) is 7.98. The number of carbonyl (C=O) groups is 2. The highest BCUT2D eigenvalue weighted by Crippen LogP contribution is 2.30. The lowest BCUT2D eigenvalue weighted by atomic mass is 10.0. The lowest BCUT2D eigenvalue weighted by Gasteiger charge is -2.34. The van der Waals surface area contributed by atoms with Gasteiger partial charge in [-0.1, -0.05) is 113 Å². The van der Waals surface area contributed by atoms with Crippen molar-refractivity contribution < 1.29 is 18.0 Å². The summed E-state index contributed by atoms with van der Waals surface area (Å²) in [6.07, 6.45) is 4.07. The van der Waals surface area contributed by atoms with E-state index in [4.69, 9.17) is 23.2 Å². The Labute approximate surface area is 288 Å². The first-order valence-electron chi connectivity index (χ1n) is 15.0. The largest absolute Gasteiger partial charge is 0.352 e. The van der Waals surface area contributed by atoms with Crippen molar-refractivity contribution in [2.75, 3.05) is 10.8 Å². The first-order valence-corrected chi connectivity index (χ1v) is 18.0. The number of halogens is 3. The minimum Gasteiger partial charge on any atom is -0.352 e. The van der Waals surface area contributed by atoms with Gasteiger partial charge in [0, 0.05) is 33.5 Å². The zero-order valence-electron chi connectivity index (χ0n) is 25.0. The quantitative estimate of drug-likeness (QED) is 0.162. The predicted octanol–water partition coefficient (Wildman–Crippen LogP) is 7.65. The van der Waals surface area contributed by atoms with Crippen molar-refractivity contribution in [1.82, 2.24) is 10.2 Å². The number of amides is 2. The molecule has 4 aromatic rings. The summed E-state index contributed by atoms with van der Waals surface area (Å²) in [7, 11) is -4.26. The van der Waals surface area contributed by atoms with Crippen molar-refractivity contribution in [3.8, 4) is 0 Å². The third-order valence-corrected chi connectivity index (χ3v) is 10.7. The second-order valence-corrected chi connectivity index (χ2v) is 14.9. The highest BCUT2D eigenvalue weighted by Gasteiger charge is 2.35. The van der Waals surface area contributed by atoms with Crippen LogP contribution in [0, 0.1) is 0 Å². The van der Waals surface area contributed by atoms with E-state index in [9.17, 15) is 18.0 Å². The first-order chi connectivity index (χ1) is 22.1. The highest BCUT2D eigenvalue weighted by molar-refractivity contribution is 9.10. The molecule has 0 aromatic heterocycles. The molecular formula is C35H34BrCl2N3O4S. The molecule has 1 atom stereocenters. The Balaban J connectivity index is 1.57. The Kier molecular flexibility index (Phi) is 11.4. The van der Waals surface area contributed by atoms with E-state index in [0.717, 1.165) is 45.6 Å². The third kappa shape index (κ3) is 8.70. The molecule has 1 saturated carbocycles. The molecule has 1 fully saturated rings. The number of hydrogen-bond donors (Lipinski definition) is 1. The molecule has 4 aromatic carbocycles. The van der Waals surface area contributed by atoms with Gasteiger partial charge in [-0.3, -0.25) is 13.9 Å². The van der Waals surface area contributed by atoms with E-state index in [2.05, 4.69) is 21.2 Å². The lowest BCUT2D eigenvalue weighted by Crippen LogP contribution is -2.54. The fraction of sp³-hybridized carbons (Fsp3) is 0.257. The molecular weight excluding hydrogens is 709 g/mol. The Bertz CT molecular complexity index is 1730. The van der Waals surface area contributed by atoms with E-state index < -0.39 is 28.5 Å². The molecule has 46 heavy (non-hydrogen) atoms. The van der Waals surface area contributed by atoms with Crippen LogP contribution in [0.1, 0.15) is 36.8 Å². The summed E-state index contributed by atoms with van der Waals surface area (Å²) in [5.41, 5.74) is 1.79. The van der Waals surface area contributed by atoms with Crippen LogP contribution in [-0.4, -0.2) is 43.8 Å². The summed E-state index contributed by atoms with van der Waals surface area (Å²) < 4.78 is 30.1. The molecule has 1 unspecified atom stereocenters. The smallest absolute Gasteiger partial charge is 0.264 e. The summed E-state index contributed by atoms with van der Waals surface area (Å²) in [4.78, 5) is 30.1. The van der Waals surface area contributed by atoms with Gasteiger partial charge in [0.2, 0.25) is 11.8 Å². The van der Waals surface area contributed by atoms with Gasteiger partial charge in [-0.15, -0.1) is 0 Å². The molecule has 0 heterocycles. The summed E-state index contributed by atoms with van der Waals surface area (Å²) in [6, 6.07) is 28.3. The van der Waals surface area contributed by atoms with Gasteiger partial charge >= 0.3 is 0 Å². The van der Waals surface area contributed by atoms with Crippen molar-refractivity contribution >= 4 is 66.7 Å². The standard InChI is InChI=1S/C35H34BrCl2N3O4S/c36-27-17-15-26(16-18-27)23-40(33(19-25-9-3-1-4-10-25)35(43)39-30-11-7-8-12-30)34(42)24-41(31-21-28(37)20-29(38)22-31)46(44,45)32-13-5-2-6-14-32/h1-6,9-10,13-18,20-22,30,33H,7-8,11-12,19,23-24H2,(H,39,43). The van der Waals surface area contributed by atoms with E-state index >= 15 is 0 Å². The summed E-state index contributed by atoms with van der Waals surface area (Å²) in [6.45, 7) is -0.510. The van der Waals surface area contributed by atoms with Crippen LogP contribution in [-0.2, 0) is 32.6 Å². The van der Waals surface area contributed by atoms with Crippen LogP contribution in [0.5, 0.6) is 0 Å². The number of sulfonamides is 1. The highest BCUT2D eigenvalue weighted by atomic mass is 79.9. The van der Waals surface area contributed by atoms with Gasteiger partial charge in [0.25, 0.3) is 10.0 Å². The number of benzene rings is 4. The molecule has 0 spiro atoms. The second kappa shape index (κ2) is 15.5. The Morgan fingerprint density at radius 2 is 1.41 bits per heavy atom. The maximum Gasteiger partial charge on any atom is 0.264 e. The van der Waals surface area contributed by atoms with E-state index in [0.29, 0.717) is 0 Å². The van der Waals surface area contributed by atoms with Crippen LogP contribution in [0.25, 0.3) is 0 Å². The average Bonchev–Trinajstić information content (AvgIpc) is 3.55. The van der Waals surface area contributed by atoms with Gasteiger partial charge in [0.05, 0.1) is 10.6 Å². The molecule has 0 aliphatic heterocycles. The van der Waals surface area contributed by atoms with Gasteiger partial charge in [0.1, 0.15) is 12.6 Å². The van der Waals surface area contributed by atoms with Gasteiger partial charge in [-0.2, -0.15) is 0 Å². The monoisotopic (exact) mass is 741 g/mol. The second-order valence-electron chi connectivity index (χ2n) is 11.3. The van der Waals surface area contributed by atoms with Crippen LogP contribution in [0.3, 0.4) is 0 Å². The number of carbonyl (C=O) groups excluding carboxylic acids is 2. The number of hydrogen-bond acceptors (Lipinski definition) is 4. The zero-order chi connectivity index (χ0) is 32.7. The van der Waals surface area contributed by atoms with Crippen LogP contribution < -0.4 is 9.62 Å². The Morgan fingerprint density at radius 1 is 0.826 bits per heavy atom. The number of rotatable bonds is 12. The van der Waals surface area contributed by atoms with Crippen LogP contribution >= 0.6 is 39.1 Å². The normalized spacial score (nSPS) is 14.1. The summed E-state index contributed by atoms with van der Waals surface area (Å²) >= 11 is 16.1. The molecule has 0 saturated heterocycles. The molecule has 7 nitrogen and oxygen atoms in total. The molecule has 240 valence electrons. The van der Waals surface area contributed by atoms with Crippen LogP contribution in [0.15, 0.2) is 112 Å². The van der Waals surface area contributed by atoms with Gasteiger partial charge in [-0.25, -0.2) is 8.42 Å². The number of nitrogens with one attached hydrogen (secondary N) is 1. The topological polar surface area (TPSA) is 86.8 Å². The number of anilines is 1.